The van der Waals surface area contributed by atoms with Gasteiger partial charge in [-0.05, 0) is 49.9 Å². The van der Waals surface area contributed by atoms with Crippen LogP contribution in [-0.4, -0.2) is 26.2 Å². The fraction of sp³-hybridized carbons (Fsp3) is 0.400. The van der Waals surface area contributed by atoms with Gasteiger partial charge in [-0.3, -0.25) is 0 Å². The standard InChI is InChI=1S/C20H29N3.Ag.2ClH/c1-15-7-5-8-16(2)19(15)22-13-11-21-12-14-23-20-17(3)9-6-10-18(20)4;;;/h5-10,21-23H,11-14H2,1-4H3;;2*1H/q;+2;;/p-2. The molecule has 0 heterocycles. The first-order valence-corrected chi connectivity index (χ1v) is 8.40. The molecule has 3 nitrogen and oxygen atoms in total. The fourth-order valence-electron chi connectivity index (χ4n) is 2.86. The molecular weight excluding hydrogens is 461 g/mol. The summed E-state index contributed by atoms with van der Waals surface area (Å²) in [5, 5.41) is 10.5. The fourth-order valence-corrected chi connectivity index (χ4v) is 2.86. The Kier molecular flexibility index (Phi) is 15.2. The summed E-state index contributed by atoms with van der Waals surface area (Å²) in [5.74, 6) is 0. The summed E-state index contributed by atoms with van der Waals surface area (Å²) in [6, 6.07) is 12.8. The van der Waals surface area contributed by atoms with Gasteiger partial charge in [-0.25, -0.2) is 0 Å². The van der Waals surface area contributed by atoms with Crippen molar-refractivity contribution >= 4 is 11.4 Å². The Balaban J connectivity index is 0. The molecule has 149 valence electrons. The summed E-state index contributed by atoms with van der Waals surface area (Å²) in [6.45, 7) is 12.4. The number of benzene rings is 2. The van der Waals surface area contributed by atoms with Crippen LogP contribution in [0.5, 0.6) is 0 Å². The van der Waals surface area contributed by atoms with E-state index in [1.54, 1.807) is 0 Å². The zero-order chi connectivity index (χ0) is 16.7. The molecule has 0 unspecified atom stereocenters. The van der Waals surface area contributed by atoms with Crippen LogP contribution in [0.2, 0.25) is 0 Å². The Morgan fingerprint density at radius 2 is 0.885 bits per heavy atom. The Labute approximate surface area is 186 Å². The molecule has 0 fully saturated rings. The minimum atomic E-state index is 0. The first-order valence-electron chi connectivity index (χ1n) is 8.40. The number of halogens is 2. The van der Waals surface area contributed by atoms with Crippen LogP contribution in [0.3, 0.4) is 0 Å². The SMILES string of the molecule is Cc1cccc(C)c1NCCNCCNc1c(C)cccc1C.[Ag+2].[Cl-].[Cl-]. The molecule has 0 saturated heterocycles. The van der Waals surface area contributed by atoms with Crippen molar-refractivity contribution in [3.63, 3.8) is 0 Å². The Bertz CT molecular complexity index is 555. The summed E-state index contributed by atoms with van der Waals surface area (Å²) in [7, 11) is 0. The van der Waals surface area contributed by atoms with Crippen molar-refractivity contribution < 1.29 is 47.2 Å². The monoisotopic (exact) mass is 488 g/mol. The van der Waals surface area contributed by atoms with Crippen LogP contribution >= 0.6 is 0 Å². The summed E-state index contributed by atoms with van der Waals surface area (Å²) in [4.78, 5) is 0. The average molecular weight is 490 g/mol. The summed E-state index contributed by atoms with van der Waals surface area (Å²) in [6.07, 6.45) is 0. The third-order valence-corrected chi connectivity index (χ3v) is 4.17. The molecule has 0 aliphatic rings. The summed E-state index contributed by atoms with van der Waals surface area (Å²) >= 11 is 0. The summed E-state index contributed by atoms with van der Waals surface area (Å²) in [5.41, 5.74) is 7.76. The molecule has 1 radical (unpaired) electrons. The number of hydrogen-bond donors (Lipinski definition) is 3. The second kappa shape index (κ2) is 14.4. The van der Waals surface area contributed by atoms with E-state index >= 15 is 0 Å². The van der Waals surface area contributed by atoms with Crippen molar-refractivity contribution in [2.45, 2.75) is 27.7 Å². The Morgan fingerprint density at radius 3 is 1.19 bits per heavy atom. The predicted octanol–water partition coefficient (Wildman–Crippen LogP) is -1.96. The number of para-hydroxylation sites is 2. The van der Waals surface area contributed by atoms with Crippen LogP contribution in [0.1, 0.15) is 22.3 Å². The Hall–Kier alpha value is -0.680. The first kappa shape index (κ1) is 27.5. The third-order valence-electron chi connectivity index (χ3n) is 4.17. The normalized spacial score (nSPS) is 9.38. The largest absolute Gasteiger partial charge is 2.00 e. The predicted molar refractivity (Wildman–Crippen MR) is 102 cm³/mol. The molecule has 26 heavy (non-hydrogen) atoms. The van der Waals surface area contributed by atoms with Crippen LogP contribution < -0.4 is 40.8 Å². The third kappa shape index (κ3) is 8.34. The quantitative estimate of drug-likeness (QED) is 0.298. The van der Waals surface area contributed by atoms with E-state index < -0.39 is 0 Å². The molecule has 0 bridgehead atoms. The maximum Gasteiger partial charge on any atom is 2.00 e. The van der Waals surface area contributed by atoms with Gasteiger partial charge >= 0.3 is 22.4 Å². The van der Waals surface area contributed by atoms with Crippen molar-refractivity contribution in [3.05, 3.63) is 58.7 Å². The summed E-state index contributed by atoms with van der Waals surface area (Å²) < 4.78 is 0. The molecule has 0 saturated carbocycles. The first-order chi connectivity index (χ1) is 11.1. The van der Waals surface area contributed by atoms with E-state index in [-0.39, 0.29) is 47.2 Å². The van der Waals surface area contributed by atoms with Crippen LogP contribution in [0.4, 0.5) is 11.4 Å². The van der Waals surface area contributed by atoms with Crippen molar-refractivity contribution in [2.24, 2.45) is 0 Å². The second-order valence-electron chi connectivity index (χ2n) is 6.14. The smallest absolute Gasteiger partial charge is 1.00 e. The number of nitrogens with one attached hydrogen (secondary N) is 3. The molecule has 2 rings (SSSR count). The van der Waals surface area contributed by atoms with Crippen LogP contribution in [-0.2, 0) is 22.4 Å². The molecular formula is C20H29AgCl2N3. The molecule has 0 amide bonds. The van der Waals surface area contributed by atoms with Gasteiger partial charge in [-0.15, -0.1) is 0 Å². The van der Waals surface area contributed by atoms with Crippen LogP contribution in [0.15, 0.2) is 36.4 Å². The van der Waals surface area contributed by atoms with E-state index in [2.05, 4.69) is 80.0 Å². The number of hydrogen-bond acceptors (Lipinski definition) is 3. The maximum absolute atomic E-state index is 3.53. The van der Waals surface area contributed by atoms with Gasteiger partial charge in [0.1, 0.15) is 0 Å². The molecule has 0 aliphatic carbocycles. The molecule has 2 aromatic carbocycles. The van der Waals surface area contributed by atoms with Crippen LogP contribution in [0.25, 0.3) is 0 Å². The van der Waals surface area contributed by atoms with E-state index in [0.717, 1.165) is 26.2 Å². The number of anilines is 2. The van der Waals surface area contributed by atoms with Gasteiger partial charge in [0.15, 0.2) is 0 Å². The van der Waals surface area contributed by atoms with E-state index in [9.17, 15) is 0 Å². The molecule has 0 spiro atoms. The molecule has 0 aliphatic heterocycles. The van der Waals surface area contributed by atoms with Crippen molar-refractivity contribution in [3.8, 4) is 0 Å². The minimum Gasteiger partial charge on any atom is -1.00 e. The maximum atomic E-state index is 3.53. The van der Waals surface area contributed by atoms with Crippen molar-refractivity contribution in [2.75, 3.05) is 36.8 Å². The van der Waals surface area contributed by atoms with Gasteiger partial charge in [0.25, 0.3) is 0 Å². The van der Waals surface area contributed by atoms with Crippen molar-refractivity contribution in [1.29, 1.82) is 0 Å². The van der Waals surface area contributed by atoms with Crippen molar-refractivity contribution in [1.82, 2.24) is 5.32 Å². The van der Waals surface area contributed by atoms with Gasteiger partial charge in [0.05, 0.1) is 0 Å². The van der Waals surface area contributed by atoms with Gasteiger partial charge < -0.3 is 40.8 Å². The van der Waals surface area contributed by atoms with E-state index in [1.807, 2.05) is 0 Å². The van der Waals surface area contributed by atoms with E-state index in [0.29, 0.717) is 0 Å². The van der Waals surface area contributed by atoms with Gasteiger partial charge in [-0.1, -0.05) is 36.4 Å². The Morgan fingerprint density at radius 1 is 0.577 bits per heavy atom. The second-order valence-corrected chi connectivity index (χ2v) is 6.14. The van der Waals surface area contributed by atoms with Crippen LogP contribution in [0, 0.1) is 27.7 Å². The minimum absolute atomic E-state index is 0. The van der Waals surface area contributed by atoms with Gasteiger partial charge in [0, 0.05) is 37.6 Å². The zero-order valence-corrected chi connectivity index (χ0v) is 18.8. The van der Waals surface area contributed by atoms with E-state index in [1.165, 1.54) is 33.6 Å². The zero-order valence-electron chi connectivity index (χ0n) is 15.8. The number of aryl methyl sites for hydroxylation is 4. The molecule has 6 heteroatoms. The average Bonchev–Trinajstić information content (AvgIpc) is 2.51. The topological polar surface area (TPSA) is 36.1 Å². The number of rotatable bonds is 8. The molecule has 2 aromatic rings. The van der Waals surface area contributed by atoms with Gasteiger partial charge in [-0.2, -0.15) is 0 Å². The molecule has 0 aromatic heterocycles. The van der Waals surface area contributed by atoms with Gasteiger partial charge in [0.2, 0.25) is 0 Å². The van der Waals surface area contributed by atoms with E-state index in [4.69, 9.17) is 0 Å². The molecule has 0 atom stereocenters. The molecule has 3 N–H and O–H groups in total.